The van der Waals surface area contributed by atoms with Crippen LogP contribution in [0.3, 0.4) is 0 Å². The molecule has 0 saturated heterocycles. The topological polar surface area (TPSA) is 54.7 Å². The molecule has 0 amide bonds. The van der Waals surface area contributed by atoms with E-state index in [1.165, 1.54) is 5.69 Å². The first kappa shape index (κ1) is 9.10. The van der Waals surface area contributed by atoms with Crippen molar-refractivity contribution in [3.63, 3.8) is 0 Å². The molecular formula is C9H17N3. The van der Waals surface area contributed by atoms with Gasteiger partial charge in [0, 0.05) is 17.2 Å². The van der Waals surface area contributed by atoms with Crippen molar-refractivity contribution in [2.45, 2.75) is 39.5 Å². The van der Waals surface area contributed by atoms with E-state index in [1.54, 1.807) is 0 Å². The van der Waals surface area contributed by atoms with Gasteiger partial charge in [0.05, 0.1) is 0 Å². The lowest BCUT2D eigenvalue weighted by Crippen LogP contribution is -1.98. The molecule has 1 aromatic rings. The minimum Gasteiger partial charge on any atom is -0.382 e. The van der Waals surface area contributed by atoms with Gasteiger partial charge in [-0.3, -0.25) is 5.10 Å². The maximum Gasteiger partial charge on any atom is 0.148 e. The number of hydrogen-bond acceptors (Lipinski definition) is 2. The van der Waals surface area contributed by atoms with Crippen LogP contribution in [-0.4, -0.2) is 10.2 Å². The SMILES string of the molecule is CCC(CC)c1[nH]nc(N)c1C. The number of rotatable bonds is 3. The molecule has 0 spiro atoms. The molecule has 1 rings (SSSR count). The third kappa shape index (κ3) is 1.44. The van der Waals surface area contributed by atoms with Gasteiger partial charge in [0.2, 0.25) is 0 Å². The van der Waals surface area contributed by atoms with Crippen LogP contribution in [0.1, 0.15) is 43.9 Å². The lowest BCUT2D eigenvalue weighted by atomic mass is 9.97. The zero-order valence-corrected chi connectivity index (χ0v) is 8.02. The van der Waals surface area contributed by atoms with Gasteiger partial charge in [0.15, 0.2) is 0 Å². The van der Waals surface area contributed by atoms with Gasteiger partial charge >= 0.3 is 0 Å². The van der Waals surface area contributed by atoms with Crippen LogP contribution in [0.4, 0.5) is 5.82 Å². The van der Waals surface area contributed by atoms with E-state index in [-0.39, 0.29) is 0 Å². The van der Waals surface area contributed by atoms with Gasteiger partial charge in [0.25, 0.3) is 0 Å². The van der Waals surface area contributed by atoms with Crippen LogP contribution in [0.25, 0.3) is 0 Å². The number of nitrogens with two attached hydrogens (primary N) is 1. The average molecular weight is 167 g/mol. The van der Waals surface area contributed by atoms with Gasteiger partial charge in [-0.25, -0.2) is 0 Å². The summed E-state index contributed by atoms with van der Waals surface area (Å²) in [6.07, 6.45) is 2.28. The summed E-state index contributed by atoms with van der Waals surface area (Å²) >= 11 is 0. The Morgan fingerprint density at radius 1 is 1.42 bits per heavy atom. The molecule has 0 fully saturated rings. The third-order valence-electron chi connectivity index (χ3n) is 2.48. The quantitative estimate of drug-likeness (QED) is 0.725. The van der Waals surface area contributed by atoms with E-state index in [4.69, 9.17) is 5.73 Å². The molecule has 12 heavy (non-hydrogen) atoms. The van der Waals surface area contributed by atoms with Crippen molar-refractivity contribution in [1.82, 2.24) is 10.2 Å². The van der Waals surface area contributed by atoms with E-state index in [2.05, 4.69) is 24.0 Å². The van der Waals surface area contributed by atoms with Crippen LogP contribution in [0.15, 0.2) is 0 Å². The zero-order chi connectivity index (χ0) is 9.14. The van der Waals surface area contributed by atoms with Crippen molar-refractivity contribution in [2.24, 2.45) is 0 Å². The Balaban J connectivity index is 2.93. The fourth-order valence-corrected chi connectivity index (χ4v) is 1.52. The van der Waals surface area contributed by atoms with Crippen molar-refractivity contribution in [2.75, 3.05) is 5.73 Å². The molecule has 0 aliphatic carbocycles. The van der Waals surface area contributed by atoms with Crippen LogP contribution in [0, 0.1) is 6.92 Å². The smallest absolute Gasteiger partial charge is 0.148 e. The first-order valence-corrected chi connectivity index (χ1v) is 4.51. The molecule has 0 aliphatic rings. The number of nitrogens with zero attached hydrogens (tertiary/aromatic N) is 1. The maximum atomic E-state index is 5.65. The Bertz CT molecular complexity index is 248. The molecule has 0 aliphatic heterocycles. The van der Waals surface area contributed by atoms with E-state index >= 15 is 0 Å². The molecule has 1 heterocycles. The highest BCUT2D eigenvalue weighted by Gasteiger charge is 2.13. The monoisotopic (exact) mass is 167 g/mol. The molecule has 68 valence electrons. The predicted molar refractivity (Wildman–Crippen MR) is 51.1 cm³/mol. The summed E-state index contributed by atoms with van der Waals surface area (Å²) in [4.78, 5) is 0. The summed E-state index contributed by atoms with van der Waals surface area (Å²) in [7, 11) is 0. The summed E-state index contributed by atoms with van der Waals surface area (Å²) in [6.45, 7) is 6.39. The third-order valence-corrected chi connectivity index (χ3v) is 2.48. The normalized spacial score (nSPS) is 11.0. The Kier molecular flexibility index (Phi) is 2.74. The standard InChI is InChI=1S/C9H17N3/c1-4-7(5-2)8-6(3)9(10)12-11-8/h7H,4-5H2,1-3H3,(H3,10,11,12). The zero-order valence-electron chi connectivity index (χ0n) is 8.02. The summed E-state index contributed by atoms with van der Waals surface area (Å²) < 4.78 is 0. The summed E-state index contributed by atoms with van der Waals surface area (Å²) in [6, 6.07) is 0. The van der Waals surface area contributed by atoms with E-state index in [0.717, 1.165) is 18.4 Å². The second-order valence-corrected chi connectivity index (χ2v) is 3.16. The van der Waals surface area contributed by atoms with Gasteiger partial charge in [0.1, 0.15) is 5.82 Å². The van der Waals surface area contributed by atoms with Crippen molar-refractivity contribution < 1.29 is 0 Å². The van der Waals surface area contributed by atoms with Gasteiger partial charge in [-0.05, 0) is 19.8 Å². The molecule has 1 aromatic heterocycles. The summed E-state index contributed by atoms with van der Waals surface area (Å²) in [5, 5.41) is 6.99. The maximum absolute atomic E-state index is 5.65. The molecule has 0 atom stereocenters. The number of nitrogens with one attached hydrogen (secondary N) is 1. The van der Waals surface area contributed by atoms with Crippen LogP contribution in [0.5, 0.6) is 0 Å². The van der Waals surface area contributed by atoms with Gasteiger partial charge < -0.3 is 5.73 Å². The first-order chi connectivity index (χ1) is 5.70. The second kappa shape index (κ2) is 3.61. The van der Waals surface area contributed by atoms with Crippen molar-refractivity contribution in [3.05, 3.63) is 11.3 Å². The molecule has 3 heteroatoms. The summed E-state index contributed by atoms with van der Waals surface area (Å²) in [5.41, 5.74) is 7.97. The Morgan fingerprint density at radius 3 is 2.33 bits per heavy atom. The van der Waals surface area contributed by atoms with Crippen LogP contribution < -0.4 is 5.73 Å². The van der Waals surface area contributed by atoms with Gasteiger partial charge in [-0.1, -0.05) is 13.8 Å². The van der Waals surface area contributed by atoms with Crippen LogP contribution in [-0.2, 0) is 0 Å². The van der Waals surface area contributed by atoms with E-state index < -0.39 is 0 Å². The molecule has 0 saturated carbocycles. The van der Waals surface area contributed by atoms with Crippen LogP contribution >= 0.6 is 0 Å². The predicted octanol–water partition coefficient (Wildman–Crippen LogP) is 2.20. The highest BCUT2D eigenvalue weighted by molar-refractivity contribution is 5.41. The number of nitrogen functional groups attached to an aromatic ring is 1. The minimum absolute atomic E-state index is 0.579. The van der Waals surface area contributed by atoms with Crippen LogP contribution in [0.2, 0.25) is 0 Å². The number of hydrogen-bond donors (Lipinski definition) is 2. The van der Waals surface area contributed by atoms with E-state index in [1.807, 2.05) is 6.92 Å². The Morgan fingerprint density at radius 2 is 2.00 bits per heavy atom. The fourth-order valence-electron chi connectivity index (χ4n) is 1.52. The lowest BCUT2D eigenvalue weighted by Gasteiger charge is -2.10. The highest BCUT2D eigenvalue weighted by Crippen LogP contribution is 2.25. The molecular weight excluding hydrogens is 150 g/mol. The average Bonchev–Trinajstić information content (AvgIpc) is 2.38. The highest BCUT2D eigenvalue weighted by atomic mass is 15.2. The molecule has 3 N–H and O–H groups in total. The van der Waals surface area contributed by atoms with E-state index in [9.17, 15) is 0 Å². The molecule has 0 bridgehead atoms. The summed E-state index contributed by atoms with van der Waals surface area (Å²) in [5.74, 6) is 1.21. The van der Waals surface area contributed by atoms with E-state index in [0.29, 0.717) is 11.7 Å². The minimum atomic E-state index is 0.579. The molecule has 0 aromatic carbocycles. The fraction of sp³-hybridized carbons (Fsp3) is 0.667. The Hall–Kier alpha value is -0.990. The first-order valence-electron chi connectivity index (χ1n) is 4.51. The lowest BCUT2D eigenvalue weighted by molar-refractivity contribution is 0.618. The number of H-pyrrole nitrogens is 1. The second-order valence-electron chi connectivity index (χ2n) is 3.16. The van der Waals surface area contributed by atoms with Gasteiger partial charge in [-0.15, -0.1) is 0 Å². The van der Waals surface area contributed by atoms with Crippen molar-refractivity contribution in [3.8, 4) is 0 Å². The largest absolute Gasteiger partial charge is 0.382 e. The van der Waals surface area contributed by atoms with Crippen molar-refractivity contribution in [1.29, 1.82) is 0 Å². The Labute approximate surface area is 73.4 Å². The molecule has 0 radical (unpaired) electrons. The number of aromatic nitrogens is 2. The number of anilines is 1. The number of aromatic amines is 1. The van der Waals surface area contributed by atoms with Gasteiger partial charge in [-0.2, -0.15) is 5.10 Å². The van der Waals surface area contributed by atoms with Crippen molar-refractivity contribution >= 4 is 5.82 Å². The molecule has 0 unspecified atom stereocenters. The molecule has 3 nitrogen and oxygen atoms in total.